The number of nitro benzene ring substituents is 1. The van der Waals surface area contributed by atoms with Crippen molar-refractivity contribution in [1.29, 1.82) is 5.41 Å². The van der Waals surface area contributed by atoms with Crippen LogP contribution in [-0.4, -0.2) is 24.0 Å². The fourth-order valence-electron chi connectivity index (χ4n) is 1.86. The van der Waals surface area contributed by atoms with Crippen LogP contribution in [0.25, 0.3) is 0 Å². The highest BCUT2D eigenvalue weighted by Gasteiger charge is 2.04. The van der Waals surface area contributed by atoms with E-state index in [1.165, 1.54) is 12.1 Å². The molecule has 120 valence electrons. The van der Waals surface area contributed by atoms with Crippen LogP contribution >= 0.6 is 0 Å². The molecule has 0 aliphatic heterocycles. The molecule has 0 unspecified atom stereocenters. The maximum absolute atomic E-state index is 10.5. The van der Waals surface area contributed by atoms with Crippen LogP contribution in [0, 0.1) is 15.5 Å². The van der Waals surface area contributed by atoms with E-state index in [0.717, 1.165) is 0 Å². The Kier molecular flexibility index (Phi) is 5.51. The molecule has 2 rings (SSSR count). The quantitative estimate of drug-likeness (QED) is 0.256. The Morgan fingerprint density at radius 1 is 1.09 bits per heavy atom. The summed E-state index contributed by atoms with van der Waals surface area (Å²) in [5.74, 6) is 1.22. The number of ether oxygens (including phenoxy) is 2. The number of rotatable bonds is 8. The summed E-state index contributed by atoms with van der Waals surface area (Å²) in [6, 6.07) is 13.0. The molecule has 2 aromatic carbocycles. The van der Waals surface area contributed by atoms with E-state index in [-0.39, 0.29) is 11.5 Å². The third kappa shape index (κ3) is 4.99. The lowest BCUT2D eigenvalue weighted by molar-refractivity contribution is -0.384. The second-order valence-corrected chi connectivity index (χ2v) is 4.74. The SMILES string of the molecule is N=C(N)c1cccc(OCCCOc2ccc([N+](=O)[O-])cc2)c1. The number of hydrogen-bond acceptors (Lipinski definition) is 5. The van der Waals surface area contributed by atoms with Gasteiger partial charge in [-0.2, -0.15) is 0 Å². The minimum atomic E-state index is -0.452. The molecule has 0 radical (unpaired) electrons. The average Bonchev–Trinajstić information content (AvgIpc) is 2.55. The first-order valence-corrected chi connectivity index (χ1v) is 7.01. The summed E-state index contributed by atoms with van der Waals surface area (Å²) < 4.78 is 11.0. The second kappa shape index (κ2) is 7.79. The zero-order valence-corrected chi connectivity index (χ0v) is 12.4. The molecule has 7 heteroatoms. The van der Waals surface area contributed by atoms with Crippen LogP contribution in [0.15, 0.2) is 48.5 Å². The van der Waals surface area contributed by atoms with E-state index in [1.807, 2.05) is 0 Å². The highest BCUT2D eigenvalue weighted by atomic mass is 16.6. The summed E-state index contributed by atoms with van der Waals surface area (Å²) in [6.45, 7) is 0.887. The first-order chi connectivity index (χ1) is 11.1. The van der Waals surface area contributed by atoms with Crippen LogP contribution in [-0.2, 0) is 0 Å². The van der Waals surface area contributed by atoms with Crippen LogP contribution in [0.5, 0.6) is 11.5 Å². The summed E-state index contributed by atoms with van der Waals surface area (Å²) in [5, 5.41) is 17.9. The van der Waals surface area contributed by atoms with Gasteiger partial charge in [0.15, 0.2) is 0 Å². The number of nitro groups is 1. The van der Waals surface area contributed by atoms with Gasteiger partial charge in [-0.15, -0.1) is 0 Å². The van der Waals surface area contributed by atoms with Crippen molar-refractivity contribution >= 4 is 11.5 Å². The molecule has 0 bridgehead atoms. The molecule has 0 aromatic heterocycles. The number of nitrogen functional groups attached to an aromatic ring is 1. The molecule has 3 N–H and O–H groups in total. The molecule has 0 fully saturated rings. The molecule has 0 heterocycles. The Hall–Kier alpha value is -3.09. The number of nitrogens with two attached hydrogens (primary N) is 1. The van der Waals surface area contributed by atoms with E-state index < -0.39 is 4.92 Å². The van der Waals surface area contributed by atoms with Crippen molar-refractivity contribution in [2.75, 3.05) is 13.2 Å². The highest BCUT2D eigenvalue weighted by Crippen LogP contribution is 2.17. The van der Waals surface area contributed by atoms with Crippen molar-refractivity contribution in [3.05, 3.63) is 64.2 Å². The predicted octanol–water partition coefficient (Wildman–Crippen LogP) is 2.73. The van der Waals surface area contributed by atoms with Gasteiger partial charge < -0.3 is 15.2 Å². The van der Waals surface area contributed by atoms with Crippen LogP contribution in [0.4, 0.5) is 5.69 Å². The molecule has 2 aromatic rings. The van der Waals surface area contributed by atoms with Crippen molar-refractivity contribution in [3.63, 3.8) is 0 Å². The van der Waals surface area contributed by atoms with Gasteiger partial charge in [0.05, 0.1) is 18.1 Å². The van der Waals surface area contributed by atoms with Gasteiger partial charge in [-0.1, -0.05) is 12.1 Å². The average molecular weight is 315 g/mol. The number of nitrogens with one attached hydrogen (secondary N) is 1. The molecule has 0 saturated heterocycles. The molecule has 7 nitrogen and oxygen atoms in total. The van der Waals surface area contributed by atoms with Crippen LogP contribution in [0.3, 0.4) is 0 Å². The minimum Gasteiger partial charge on any atom is -0.493 e. The maximum Gasteiger partial charge on any atom is 0.269 e. The van der Waals surface area contributed by atoms with Crippen molar-refractivity contribution in [3.8, 4) is 11.5 Å². The maximum atomic E-state index is 10.5. The normalized spacial score (nSPS) is 10.1. The molecule has 0 spiro atoms. The Labute approximate surface area is 133 Å². The molecule has 0 atom stereocenters. The number of amidine groups is 1. The molecule has 0 aliphatic rings. The van der Waals surface area contributed by atoms with Gasteiger partial charge in [0.25, 0.3) is 5.69 Å². The van der Waals surface area contributed by atoms with Gasteiger partial charge in [0.2, 0.25) is 0 Å². The summed E-state index contributed by atoms with van der Waals surface area (Å²) in [5.41, 5.74) is 6.07. The third-order valence-electron chi connectivity index (χ3n) is 3.02. The van der Waals surface area contributed by atoms with Gasteiger partial charge in [0.1, 0.15) is 17.3 Å². The van der Waals surface area contributed by atoms with E-state index in [9.17, 15) is 10.1 Å². The summed E-state index contributed by atoms with van der Waals surface area (Å²) in [7, 11) is 0. The van der Waals surface area contributed by atoms with Crippen LogP contribution < -0.4 is 15.2 Å². The smallest absolute Gasteiger partial charge is 0.269 e. The number of non-ortho nitro benzene ring substituents is 1. The lowest BCUT2D eigenvalue weighted by Gasteiger charge is -2.09. The largest absolute Gasteiger partial charge is 0.493 e. The van der Waals surface area contributed by atoms with E-state index >= 15 is 0 Å². The Balaban J connectivity index is 1.72. The third-order valence-corrected chi connectivity index (χ3v) is 3.02. The topological polar surface area (TPSA) is 111 Å². The number of nitrogens with zero attached hydrogens (tertiary/aromatic N) is 1. The van der Waals surface area contributed by atoms with E-state index in [0.29, 0.717) is 36.7 Å². The fraction of sp³-hybridized carbons (Fsp3) is 0.188. The van der Waals surface area contributed by atoms with E-state index in [1.54, 1.807) is 36.4 Å². The first-order valence-electron chi connectivity index (χ1n) is 7.01. The first kappa shape index (κ1) is 16.3. The zero-order valence-electron chi connectivity index (χ0n) is 12.4. The van der Waals surface area contributed by atoms with Crippen molar-refractivity contribution < 1.29 is 14.4 Å². The Morgan fingerprint density at radius 3 is 2.35 bits per heavy atom. The van der Waals surface area contributed by atoms with Gasteiger partial charge in [-0.05, 0) is 24.3 Å². The standard InChI is InChI=1S/C16H17N3O4/c17-16(18)12-3-1-4-15(11-12)23-10-2-9-22-14-7-5-13(6-8-14)19(20)21/h1,3-8,11H,2,9-10H2,(H3,17,18). The van der Waals surface area contributed by atoms with Crippen molar-refractivity contribution in [2.45, 2.75) is 6.42 Å². The summed E-state index contributed by atoms with van der Waals surface area (Å²) in [4.78, 5) is 10.1. The minimum absolute atomic E-state index is 0.00282. The molecule has 0 aliphatic carbocycles. The highest BCUT2D eigenvalue weighted by molar-refractivity contribution is 5.95. The molecular formula is C16H17N3O4. The molecule has 0 saturated carbocycles. The summed E-state index contributed by atoms with van der Waals surface area (Å²) >= 11 is 0. The van der Waals surface area contributed by atoms with Crippen molar-refractivity contribution in [1.82, 2.24) is 0 Å². The lowest BCUT2D eigenvalue weighted by atomic mass is 10.2. The predicted molar refractivity (Wildman–Crippen MR) is 86.2 cm³/mol. The molecular weight excluding hydrogens is 298 g/mol. The zero-order chi connectivity index (χ0) is 16.7. The van der Waals surface area contributed by atoms with E-state index in [2.05, 4.69) is 0 Å². The van der Waals surface area contributed by atoms with Gasteiger partial charge >= 0.3 is 0 Å². The van der Waals surface area contributed by atoms with E-state index in [4.69, 9.17) is 20.6 Å². The molecule has 23 heavy (non-hydrogen) atoms. The van der Waals surface area contributed by atoms with Gasteiger partial charge in [-0.25, -0.2) is 0 Å². The summed E-state index contributed by atoms with van der Waals surface area (Å²) in [6.07, 6.45) is 0.654. The fourth-order valence-corrected chi connectivity index (χ4v) is 1.86. The van der Waals surface area contributed by atoms with Crippen LogP contribution in [0.2, 0.25) is 0 Å². The Morgan fingerprint density at radius 2 is 1.74 bits per heavy atom. The van der Waals surface area contributed by atoms with Crippen molar-refractivity contribution in [2.24, 2.45) is 5.73 Å². The van der Waals surface area contributed by atoms with Gasteiger partial charge in [-0.3, -0.25) is 15.5 Å². The lowest BCUT2D eigenvalue weighted by Crippen LogP contribution is -2.11. The van der Waals surface area contributed by atoms with Crippen LogP contribution in [0.1, 0.15) is 12.0 Å². The second-order valence-electron chi connectivity index (χ2n) is 4.74. The number of hydrogen-bond donors (Lipinski definition) is 2. The monoisotopic (exact) mass is 315 g/mol. The molecule has 0 amide bonds. The Bertz CT molecular complexity index is 686. The van der Waals surface area contributed by atoms with Gasteiger partial charge in [0, 0.05) is 24.1 Å². The number of benzene rings is 2.